The molecule has 1 saturated heterocycles. The second-order valence-electron chi connectivity index (χ2n) is 6.62. The summed E-state index contributed by atoms with van der Waals surface area (Å²) in [5, 5.41) is 0.974. The Kier molecular flexibility index (Phi) is 3.44. The van der Waals surface area contributed by atoms with Crippen LogP contribution in [0, 0.1) is 13.8 Å². The maximum atomic E-state index is 13.1. The summed E-state index contributed by atoms with van der Waals surface area (Å²) in [6.45, 7) is 4.68. The van der Waals surface area contributed by atoms with Crippen molar-refractivity contribution in [3.8, 4) is 0 Å². The number of rotatable bonds is 2. The molecule has 1 atom stereocenters. The minimum atomic E-state index is 0.0537. The third kappa shape index (κ3) is 2.40. The smallest absolute Gasteiger partial charge is 0.254 e. The highest BCUT2D eigenvalue weighted by atomic mass is 16.3. The van der Waals surface area contributed by atoms with Crippen LogP contribution in [-0.2, 0) is 7.05 Å². The first-order valence-electron chi connectivity index (χ1n) is 8.34. The normalized spacial score (nSPS) is 17.8. The van der Waals surface area contributed by atoms with E-state index in [0.29, 0.717) is 5.56 Å². The molecule has 0 unspecified atom stereocenters. The molecule has 0 saturated carbocycles. The number of amides is 1. The van der Waals surface area contributed by atoms with Crippen molar-refractivity contribution in [3.05, 3.63) is 53.3 Å². The zero-order chi connectivity index (χ0) is 16.8. The monoisotopic (exact) mass is 323 g/mol. The Bertz CT molecular complexity index is 922. The van der Waals surface area contributed by atoms with Crippen LogP contribution >= 0.6 is 0 Å². The van der Waals surface area contributed by atoms with Gasteiger partial charge in [0.15, 0.2) is 0 Å². The molecule has 3 heterocycles. The van der Waals surface area contributed by atoms with E-state index in [1.165, 1.54) is 0 Å². The first kappa shape index (κ1) is 15.0. The summed E-state index contributed by atoms with van der Waals surface area (Å²) in [4.78, 5) is 19.6. The number of hydrogen-bond donors (Lipinski definition) is 0. The van der Waals surface area contributed by atoms with Crippen molar-refractivity contribution in [3.63, 3.8) is 0 Å². The minimum absolute atomic E-state index is 0.0537. The van der Waals surface area contributed by atoms with E-state index in [2.05, 4.69) is 4.98 Å². The second-order valence-corrected chi connectivity index (χ2v) is 6.62. The van der Waals surface area contributed by atoms with E-state index < -0.39 is 0 Å². The van der Waals surface area contributed by atoms with Crippen molar-refractivity contribution in [2.24, 2.45) is 7.05 Å². The van der Waals surface area contributed by atoms with Crippen LogP contribution in [0.5, 0.6) is 0 Å². The summed E-state index contributed by atoms with van der Waals surface area (Å²) in [7, 11) is 2.00. The topological polar surface area (TPSA) is 51.3 Å². The van der Waals surface area contributed by atoms with E-state index in [1.54, 1.807) is 0 Å². The summed E-state index contributed by atoms with van der Waals surface area (Å²) in [5.74, 6) is 1.90. The zero-order valence-electron chi connectivity index (χ0n) is 14.2. The highest BCUT2D eigenvalue weighted by Gasteiger charge is 2.33. The number of carbonyl (C=O) groups is 1. The van der Waals surface area contributed by atoms with Crippen LogP contribution in [0.15, 0.2) is 34.9 Å². The summed E-state index contributed by atoms with van der Waals surface area (Å²) >= 11 is 0. The molecule has 1 aliphatic heterocycles. The molecule has 2 aromatic heterocycles. The van der Waals surface area contributed by atoms with Gasteiger partial charge in [-0.1, -0.05) is 0 Å². The van der Waals surface area contributed by atoms with Crippen LogP contribution in [0.25, 0.3) is 11.0 Å². The number of fused-ring (bicyclic) bond motifs is 1. The number of imidazole rings is 1. The number of benzene rings is 1. The van der Waals surface area contributed by atoms with Crippen LogP contribution in [0.1, 0.15) is 46.5 Å². The molecule has 0 aliphatic carbocycles. The van der Waals surface area contributed by atoms with Gasteiger partial charge in [0.25, 0.3) is 5.91 Å². The van der Waals surface area contributed by atoms with Crippen molar-refractivity contribution in [1.82, 2.24) is 14.5 Å². The Balaban J connectivity index is 1.67. The van der Waals surface area contributed by atoms with Gasteiger partial charge in [0.05, 0.1) is 11.7 Å². The lowest BCUT2D eigenvalue weighted by Crippen LogP contribution is -2.31. The predicted octanol–water partition coefficient (Wildman–Crippen LogP) is 3.76. The summed E-state index contributed by atoms with van der Waals surface area (Å²) in [5.41, 5.74) is 2.52. The van der Waals surface area contributed by atoms with Crippen molar-refractivity contribution in [2.75, 3.05) is 6.54 Å². The van der Waals surface area contributed by atoms with Gasteiger partial charge in [-0.15, -0.1) is 0 Å². The highest BCUT2D eigenvalue weighted by molar-refractivity contribution is 5.98. The quantitative estimate of drug-likeness (QED) is 0.721. The molecule has 3 aromatic rings. The standard InChI is InChI=1S/C19H21N3O2/c1-12-11-21(3)18(20-12)16-5-4-8-22(16)19(23)14-6-7-17-15(10-14)9-13(2)24-17/h6-7,9-11,16H,4-5,8H2,1-3H3/t16-/m1/s1. The third-order valence-electron chi connectivity index (χ3n) is 4.73. The van der Waals surface area contributed by atoms with Gasteiger partial charge < -0.3 is 13.9 Å². The van der Waals surface area contributed by atoms with Gasteiger partial charge in [0.1, 0.15) is 17.2 Å². The van der Waals surface area contributed by atoms with E-state index in [4.69, 9.17) is 4.42 Å². The fourth-order valence-corrected chi connectivity index (χ4v) is 3.70. The molecule has 5 nitrogen and oxygen atoms in total. The molecule has 1 aliphatic rings. The number of hydrogen-bond acceptors (Lipinski definition) is 3. The molecule has 4 rings (SSSR count). The molecule has 1 aromatic carbocycles. The Morgan fingerprint density at radius 2 is 2.12 bits per heavy atom. The van der Waals surface area contributed by atoms with Crippen molar-refractivity contribution < 1.29 is 9.21 Å². The van der Waals surface area contributed by atoms with Crippen molar-refractivity contribution >= 4 is 16.9 Å². The van der Waals surface area contributed by atoms with Gasteiger partial charge in [-0.2, -0.15) is 0 Å². The van der Waals surface area contributed by atoms with Gasteiger partial charge in [-0.25, -0.2) is 4.98 Å². The number of nitrogens with zero attached hydrogens (tertiary/aromatic N) is 3. The molecule has 0 N–H and O–H groups in total. The molecule has 5 heteroatoms. The molecule has 1 amide bonds. The number of likely N-dealkylation sites (tertiary alicyclic amines) is 1. The Morgan fingerprint density at radius 1 is 1.29 bits per heavy atom. The van der Waals surface area contributed by atoms with E-state index in [9.17, 15) is 4.79 Å². The number of aryl methyl sites for hydroxylation is 3. The molecular weight excluding hydrogens is 302 g/mol. The molecule has 124 valence electrons. The molecule has 0 radical (unpaired) electrons. The molecule has 0 spiro atoms. The lowest BCUT2D eigenvalue weighted by Gasteiger charge is -2.24. The van der Waals surface area contributed by atoms with Crippen molar-refractivity contribution in [2.45, 2.75) is 32.7 Å². The average molecular weight is 323 g/mol. The Labute approximate surface area is 140 Å². The van der Waals surface area contributed by atoms with Crippen LogP contribution in [0.4, 0.5) is 0 Å². The van der Waals surface area contributed by atoms with E-state index in [1.807, 2.05) is 60.8 Å². The molecule has 24 heavy (non-hydrogen) atoms. The maximum Gasteiger partial charge on any atom is 0.254 e. The highest BCUT2D eigenvalue weighted by Crippen LogP contribution is 2.33. The second kappa shape index (κ2) is 5.51. The van der Waals surface area contributed by atoms with E-state index in [-0.39, 0.29) is 11.9 Å². The summed E-state index contributed by atoms with van der Waals surface area (Å²) < 4.78 is 7.63. The summed E-state index contributed by atoms with van der Waals surface area (Å²) in [6, 6.07) is 7.68. The maximum absolute atomic E-state index is 13.1. The lowest BCUT2D eigenvalue weighted by atomic mass is 10.1. The zero-order valence-corrected chi connectivity index (χ0v) is 14.2. The van der Waals surface area contributed by atoms with Crippen LogP contribution in [-0.4, -0.2) is 26.9 Å². The minimum Gasteiger partial charge on any atom is -0.461 e. The van der Waals surface area contributed by atoms with Crippen molar-refractivity contribution in [1.29, 1.82) is 0 Å². The van der Waals surface area contributed by atoms with Crippen LogP contribution in [0.3, 0.4) is 0 Å². The third-order valence-corrected chi connectivity index (χ3v) is 4.73. The molecular formula is C19H21N3O2. The number of aromatic nitrogens is 2. The SMILES string of the molecule is Cc1cn(C)c([C@H]2CCCN2C(=O)c2ccc3oc(C)cc3c2)n1. The number of carbonyl (C=O) groups excluding carboxylic acids is 1. The van der Waals surface area contributed by atoms with Crippen LogP contribution in [0.2, 0.25) is 0 Å². The number of furan rings is 1. The first-order chi connectivity index (χ1) is 11.5. The van der Waals surface area contributed by atoms with Gasteiger partial charge in [-0.3, -0.25) is 4.79 Å². The molecule has 0 bridgehead atoms. The van der Waals surface area contributed by atoms with Gasteiger partial charge >= 0.3 is 0 Å². The fourth-order valence-electron chi connectivity index (χ4n) is 3.70. The van der Waals surface area contributed by atoms with Gasteiger partial charge in [0.2, 0.25) is 0 Å². The summed E-state index contributed by atoms with van der Waals surface area (Å²) in [6.07, 6.45) is 3.98. The largest absolute Gasteiger partial charge is 0.461 e. The Hall–Kier alpha value is -2.56. The lowest BCUT2D eigenvalue weighted by molar-refractivity contribution is 0.0728. The van der Waals surface area contributed by atoms with Crippen LogP contribution < -0.4 is 0 Å². The Morgan fingerprint density at radius 3 is 2.88 bits per heavy atom. The first-order valence-corrected chi connectivity index (χ1v) is 8.34. The predicted molar refractivity (Wildman–Crippen MR) is 91.9 cm³/mol. The van der Waals surface area contributed by atoms with Gasteiger partial charge in [0, 0.05) is 30.7 Å². The van der Waals surface area contributed by atoms with E-state index >= 15 is 0 Å². The average Bonchev–Trinajstić information content (AvgIpc) is 3.22. The van der Waals surface area contributed by atoms with Gasteiger partial charge in [-0.05, 0) is 51.0 Å². The van der Waals surface area contributed by atoms with E-state index in [0.717, 1.165) is 47.6 Å². The molecule has 1 fully saturated rings. The fraction of sp³-hybridized carbons (Fsp3) is 0.368.